The SMILES string of the molecule is FC(F)c1c(Br)ncc(Br)c1C(F)(F)F. The minimum Gasteiger partial charge on any atom is -0.248 e. The Balaban J connectivity index is 3.53. The zero-order valence-corrected chi connectivity index (χ0v) is 9.92. The lowest BCUT2D eigenvalue weighted by atomic mass is 10.1. The van der Waals surface area contributed by atoms with E-state index in [4.69, 9.17) is 0 Å². The van der Waals surface area contributed by atoms with Crippen molar-refractivity contribution in [3.8, 4) is 0 Å². The van der Waals surface area contributed by atoms with Crippen molar-refractivity contribution in [2.45, 2.75) is 12.6 Å². The normalized spacial score (nSPS) is 12.3. The van der Waals surface area contributed by atoms with Crippen LogP contribution in [0.1, 0.15) is 17.6 Å². The molecule has 0 N–H and O–H groups in total. The Kier molecular flexibility index (Phi) is 3.70. The van der Waals surface area contributed by atoms with Crippen LogP contribution < -0.4 is 0 Å². The first-order chi connectivity index (χ1) is 6.75. The lowest BCUT2D eigenvalue weighted by molar-refractivity contribution is -0.140. The van der Waals surface area contributed by atoms with Gasteiger partial charge in [0.25, 0.3) is 6.43 Å². The molecular formula is C7H2Br2F5N. The third-order valence-electron chi connectivity index (χ3n) is 1.52. The van der Waals surface area contributed by atoms with Crippen molar-refractivity contribution in [2.24, 2.45) is 0 Å². The predicted octanol–water partition coefficient (Wildman–Crippen LogP) is 4.56. The lowest BCUT2D eigenvalue weighted by Gasteiger charge is -2.14. The summed E-state index contributed by atoms with van der Waals surface area (Å²) in [6.07, 6.45) is -7.28. The van der Waals surface area contributed by atoms with Crippen LogP contribution in [0.3, 0.4) is 0 Å². The van der Waals surface area contributed by atoms with E-state index in [0.717, 1.165) is 6.20 Å². The standard InChI is InChI=1S/C7H2Br2F5N/c8-2-1-15-5(9)3(6(10)11)4(2)7(12,13)14/h1,6H. The first-order valence-electron chi connectivity index (χ1n) is 3.44. The maximum absolute atomic E-state index is 12.4. The van der Waals surface area contributed by atoms with E-state index in [-0.39, 0.29) is 0 Å². The number of alkyl halides is 5. The molecule has 1 nitrogen and oxygen atoms in total. The highest BCUT2D eigenvalue weighted by molar-refractivity contribution is 9.11. The van der Waals surface area contributed by atoms with Crippen molar-refractivity contribution < 1.29 is 22.0 Å². The number of pyridine rings is 1. The minimum atomic E-state index is -4.85. The van der Waals surface area contributed by atoms with Crippen molar-refractivity contribution in [1.29, 1.82) is 0 Å². The fourth-order valence-corrected chi connectivity index (χ4v) is 1.98. The molecule has 0 atom stereocenters. The van der Waals surface area contributed by atoms with Gasteiger partial charge in [-0.15, -0.1) is 0 Å². The number of nitrogens with zero attached hydrogens (tertiary/aromatic N) is 1. The summed E-state index contributed by atoms with van der Waals surface area (Å²) in [5.74, 6) is 0. The Labute approximate surface area is 97.9 Å². The Hall–Kier alpha value is -0.240. The van der Waals surface area contributed by atoms with Crippen LogP contribution in [0.25, 0.3) is 0 Å². The van der Waals surface area contributed by atoms with Crippen molar-refractivity contribution in [3.05, 3.63) is 26.4 Å². The Bertz CT molecular complexity index is 376. The first-order valence-corrected chi connectivity index (χ1v) is 5.03. The molecule has 8 heteroatoms. The molecule has 0 spiro atoms. The first kappa shape index (κ1) is 12.8. The lowest BCUT2D eigenvalue weighted by Crippen LogP contribution is -2.12. The monoisotopic (exact) mass is 353 g/mol. The van der Waals surface area contributed by atoms with Gasteiger partial charge in [-0.3, -0.25) is 0 Å². The smallest absolute Gasteiger partial charge is 0.248 e. The van der Waals surface area contributed by atoms with Crippen LogP contribution in [0.2, 0.25) is 0 Å². The van der Waals surface area contributed by atoms with Gasteiger partial charge >= 0.3 is 6.18 Å². The topological polar surface area (TPSA) is 12.9 Å². The molecule has 0 aliphatic heterocycles. The van der Waals surface area contributed by atoms with Crippen LogP contribution in [-0.4, -0.2) is 4.98 Å². The summed E-state index contributed by atoms with van der Waals surface area (Å²) >= 11 is 5.11. The molecule has 0 saturated heterocycles. The molecule has 1 aromatic heterocycles. The fourth-order valence-electron chi connectivity index (χ4n) is 0.966. The Morgan fingerprint density at radius 2 is 1.73 bits per heavy atom. The van der Waals surface area contributed by atoms with Gasteiger partial charge in [0.05, 0.1) is 11.1 Å². The quantitative estimate of drug-likeness (QED) is 0.532. The van der Waals surface area contributed by atoms with Crippen LogP contribution in [-0.2, 0) is 6.18 Å². The average Bonchev–Trinajstić information content (AvgIpc) is 2.05. The van der Waals surface area contributed by atoms with Crippen LogP contribution >= 0.6 is 31.9 Å². The van der Waals surface area contributed by atoms with E-state index in [9.17, 15) is 22.0 Å². The molecule has 0 radical (unpaired) electrons. The zero-order chi connectivity index (χ0) is 11.8. The van der Waals surface area contributed by atoms with E-state index in [1.807, 2.05) is 0 Å². The van der Waals surface area contributed by atoms with Gasteiger partial charge in [0.1, 0.15) is 4.60 Å². The minimum absolute atomic E-state index is 0.506. The summed E-state index contributed by atoms with van der Waals surface area (Å²) < 4.78 is 61.1. The van der Waals surface area contributed by atoms with Gasteiger partial charge in [0, 0.05) is 10.7 Å². The van der Waals surface area contributed by atoms with E-state index in [0.29, 0.717) is 0 Å². The van der Waals surface area contributed by atoms with Gasteiger partial charge in [-0.05, 0) is 31.9 Å². The Morgan fingerprint density at radius 1 is 1.20 bits per heavy atom. The molecule has 1 rings (SSSR count). The van der Waals surface area contributed by atoms with Crippen molar-refractivity contribution in [2.75, 3.05) is 0 Å². The summed E-state index contributed by atoms with van der Waals surface area (Å²) in [5.41, 5.74) is -2.56. The van der Waals surface area contributed by atoms with Crippen molar-refractivity contribution >= 4 is 31.9 Å². The van der Waals surface area contributed by atoms with E-state index < -0.39 is 32.8 Å². The largest absolute Gasteiger partial charge is 0.418 e. The molecule has 0 unspecified atom stereocenters. The van der Waals surface area contributed by atoms with E-state index in [2.05, 4.69) is 36.8 Å². The Morgan fingerprint density at radius 3 is 2.07 bits per heavy atom. The highest BCUT2D eigenvalue weighted by atomic mass is 79.9. The average molecular weight is 355 g/mol. The van der Waals surface area contributed by atoms with Gasteiger partial charge in [0.15, 0.2) is 0 Å². The maximum Gasteiger partial charge on any atom is 0.418 e. The third-order valence-corrected chi connectivity index (χ3v) is 2.76. The number of hydrogen-bond donors (Lipinski definition) is 0. The van der Waals surface area contributed by atoms with Crippen LogP contribution in [0.4, 0.5) is 22.0 Å². The summed E-state index contributed by atoms with van der Waals surface area (Å²) in [5, 5.41) is 0. The molecule has 1 aromatic rings. The van der Waals surface area contributed by atoms with Crippen LogP contribution in [0.15, 0.2) is 15.3 Å². The van der Waals surface area contributed by atoms with Gasteiger partial charge in [-0.2, -0.15) is 13.2 Å². The number of hydrogen-bond acceptors (Lipinski definition) is 1. The molecule has 0 aliphatic rings. The summed E-state index contributed by atoms with van der Waals surface area (Å²) in [6.45, 7) is 0. The summed E-state index contributed by atoms with van der Waals surface area (Å²) in [7, 11) is 0. The molecule has 0 amide bonds. The number of halogens is 7. The molecule has 1 heterocycles. The molecule has 84 valence electrons. The van der Waals surface area contributed by atoms with Crippen molar-refractivity contribution in [1.82, 2.24) is 4.98 Å². The fraction of sp³-hybridized carbons (Fsp3) is 0.286. The second-order valence-electron chi connectivity index (χ2n) is 2.48. The van der Waals surface area contributed by atoms with E-state index in [1.165, 1.54) is 0 Å². The van der Waals surface area contributed by atoms with E-state index in [1.54, 1.807) is 0 Å². The van der Waals surface area contributed by atoms with Crippen LogP contribution in [0.5, 0.6) is 0 Å². The second kappa shape index (κ2) is 4.32. The van der Waals surface area contributed by atoms with Gasteiger partial charge in [0.2, 0.25) is 0 Å². The molecule has 0 aliphatic carbocycles. The highest BCUT2D eigenvalue weighted by Gasteiger charge is 2.39. The van der Waals surface area contributed by atoms with Crippen molar-refractivity contribution in [3.63, 3.8) is 0 Å². The molecule has 0 bridgehead atoms. The molecule has 15 heavy (non-hydrogen) atoms. The van der Waals surface area contributed by atoms with Crippen LogP contribution in [0, 0.1) is 0 Å². The van der Waals surface area contributed by atoms with E-state index >= 15 is 0 Å². The number of rotatable bonds is 1. The molecule has 0 fully saturated rings. The number of aromatic nitrogens is 1. The summed E-state index contributed by atoms with van der Waals surface area (Å²) in [4.78, 5) is 3.36. The van der Waals surface area contributed by atoms with Gasteiger partial charge in [-0.25, -0.2) is 13.8 Å². The molecule has 0 aromatic carbocycles. The zero-order valence-electron chi connectivity index (χ0n) is 6.75. The highest BCUT2D eigenvalue weighted by Crippen LogP contribution is 2.42. The molecule has 0 saturated carbocycles. The second-order valence-corrected chi connectivity index (χ2v) is 4.09. The summed E-state index contributed by atoms with van der Waals surface area (Å²) in [6, 6.07) is 0. The predicted molar refractivity (Wildman–Crippen MR) is 49.6 cm³/mol. The van der Waals surface area contributed by atoms with Gasteiger partial charge < -0.3 is 0 Å². The third kappa shape index (κ3) is 2.66. The molecular weight excluding hydrogens is 353 g/mol. The van der Waals surface area contributed by atoms with Gasteiger partial charge in [-0.1, -0.05) is 0 Å². The maximum atomic E-state index is 12.4.